The second-order valence-electron chi connectivity index (χ2n) is 4.18. The molecule has 1 aromatic rings. The first-order valence-corrected chi connectivity index (χ1v) is 6.83. The first kappa shape index (κ1) is 18.4. The van der Waals surface area contributed by atoms with Crippen molar-refractivity contribution >= 4 is 34.2 Å². The maximum Gasteiger partial charge on any atom is 0.251 e. The molecule has 0 aliphatic carbocycles. The number of unbranched alkanes of at least 4 members (excludes halogenated alkanes) is 1. The molecular formula is C13H19BrClFN2O. The Bertz CT molecular complexity index is 418. The van der Waals surface area contributed by atoms with E-state index in [4.69, 9.17) is 5.73 Å². The van der Waals surface area contributed by atoms with Gasteiger partial charge in [0.15, 0.2) is 0 Å². The molecule has 19 heavy (non-hydrogen) atoms. The fourth-order valence-electron chi connectivity index (χ4n) is 1.61. The highest BCUT2D eigenvalue weighted by molar-refractivity contribution is 9.10. The number of carbonyl (C=O) groups excluding carboxylic acids is 1. The van der Waals surface area contributed by atoms with Crippen molar-refractivity contribution in [2.24, 2.45) is 5.73 Å². The van der Waals surface area contributed by atoms with Gasteiger partial charge in [-0.3, -0.25) is 4.79 Å². The van der Waals surface area contributed by atoms with Crippen molar-refractivity contribution < 1.29 is 9.18 Å². The quantitative estimate of drug-likeness (QED) is 0.825. The molecule has 0 saturated carbocycles. The smallest absolute Gasteiger partial charge is 0.251 e. The third-order valence-electron chi connectivity index (χ3n) is 2.71. The SMILES string of the molecule is CCCCC(CN)NC(=O)c1ccc(Br)c(F)c1.Cl. The average Bonchev–Trinajstić information content (AvgIpc) is 2.37. The number of carbonyl (C=O) groups is 1. The maximum atomic E-state index is 13.3. The van der Waals surface area contributed by atoms with Gasteiger partial charge in [0.25, 0.3) is 5.91 Å². The molecule has 0 aromatic heterocycles. The molecule has 1 unspecified atom stereocenters. The van der Waals surface area contributed by atoms with Gasteiger partial charge in [0.05, 0.1) is 4.47 Å². The lowest BCUT2D eigenvalue weighted by Gasteiger charge is -2.16. The molecule has 0 radical (unpaired) electrons. The fraction of sp³-hybridized carbons (Fsp3) is 0.462. The van der Waals surface area contributed by atoms with E-state index in [0.29, 0.717) is 16.6 Å². The van der Waals surface area contributed by atoms with Crippen molar-refractivity contribution in [2.45, 2.75) is 32.2 Å². The van der Waals surface area contributed by atoms with E-state index in [9.17, 15) is 9.18 Å². The van der Waals surface area contributed by atoms with Crippen LogP contribution in [-0.4, -0.2) is 18.5 Å². The zero-order chi connectivity index (χ0) is 13.5. The standard InChI is InChI=1S/C13H18BrFN2O.ClH/c1-2-3-4-10(8-16)17-13(18)9-5-6-11(14)12(15)7-9;/h5-7,10H,2-4,8,16H2,1H3,(H,17,18);1H. The number of halogens is 3. The van der Waals surface area contributed by atoms with E-state index in [2.05, 4.69) is 28.2 Å². The van der Waals surface area contributed by atoms with Crippen molar-refractivity contribution in [3.05, 3.63) is 34.1 Å². The minimum absolute atomic E-state index is 0. The molecular weight excluding hydrogens is 335 g/mol. The molecule has 108 valence electrons. The van der Waals surface area contributed by atoms with Gasteiger partial charge in [-0.05, 0) is 40.5 Å². The van der Waals surface area contributed by atoms with Gasteiger partial charge >= 0.3 is 0 Å². The molecule has 0 aliphatic heterocycles. The molecule has 0 spiro atoms. The Morgan fingerprint density at radius 1 is 1.53 bits per heavy atom. The molecule has 0 bridgehead atoms. The summed E-state index contributed by atoms with van der Waals surface area (Å²) in [6.07, 6.45) is 2.91. The van der Waals surface area contributed by atoms with Crippen molar-refractivity contribution in [1.82, 2.24) is 5.32 Å². The molecule has 1 atom stereocenters. The highest BCUT2D eigenvalue weighted by atomic mass is 79.9. The van der Waals surface area contributed by atoms with Gasteiger partial charge in [-0.1, -0.05) is 19.8 Å². The van der Waals surface area contributed by atoms with Crippen LogP contribution in [0.5, 0.6) is 0 Å². The summed E-state index contributed by atoms with van der Waals surface area (Å²) in [6.45, 7) is 2.48. The van der Waals surface area contributed by atoms with Gasteiger partial charge < -0.3 is 11.1 Å². The summed E-state index contributed by atoms with van der Waals surface area (Å²) in [5, 5.41) is 2.82. The zero-order valence-corrected chi connectivity index (χ0v) is 13.2. The van der Waals surface area contributed by atoms with E-state index in [1.807, 2.05) is 0 Å². The van der Waals surface area contributed by atoms with E-state index < -0.39 is 5.82 Å². The molecule has 0 aliphatic rings. The highest BCUT2D eigenvalue weighted by Gasteiger charge is 2.13. The average molecular weight is 354 g/mol. The fourth-order valence-corrected chi connectivity index (χ4v) is 1.85. The Labute approximate surface area is 127 Å². The second kappa shape index (κ2) is 9.28. The minimum Gasteiger partial charge on any atom is -0.348 e. The minimum atomic E-state index is -0.444. The Hall–Kier alpha value is -0.650. The first-order valence-electron chi connectivity index (χ1n) is 6.04. The number of nitrogens with one attached hydrogen (secondary N) is 1. The molecule has 1 rings (SSSR count). The zero-order valence-electron chi connectivity index (χ0n) is 10.8. The van der Waals surface area contributed by atoms with Crippen LogP contribution in [0.4, 0.5) is 4.39 Å². The summed E-state index contributed by atoms with van der Waals surface area (Å²) in [6, 6.07) is 4.26. The third-order valence-corrected chi connectivity index (χ3v) is 3.35. The number of rotatable bonds is 6. The summed E-state index contributed by atoms with van der Waals surface area (Å²) in [5.74, 6) is -0.728. The van der Waals surface area contributed by atoms with Crippen LogP contribution < -0.4 is 11.1 Å². The van der Waals surface area contributed by atoms with Crippen molar-refractivity contribution in [3.8, 4) is 0 Å². The van der Waals surface area contributed by atoms with Gasteiger partial charge in [0.1, 0.15) is 5.82 Å². The van der Waals surface area contributed by atoms with Crippen LogP contribution in [0.3, 0.4) is 0 Å². The number of hydrogen-bond acceptors (Lipinski definition) is 2. The monoisotopic (exact) mass is 352 g/mol. The molecule has 0 saturated heterocycles. The van der Waals surface area contributed by atoms with E-state index in [0.717, 1.165) is 19.3 Å². The summed E-state index contributed by atoms with van der Waals surface area (Å²) < 4.78 is 13.7. The number of benzene rings is 1. The predicted molar refractivity (Wildman–Crippen MR) is 81.2 cm³/mol. The molecule has 3 nitrogen and oxygen atoms in total. The van der Waals surface area contributed by atoms with Crippen LogP contribution in [0.25, 0.3) is 0 Å². The lowest BCUT2D eigenvalue weighted by molar-refractivity contribution is 0.0935. The maximum absolute atomic E-state index is 13.3. The van der Waals surface area contributed by atoms with E-state index in [-0.39, 0.29) is 24.4 Å². The van der Waals surface area contributed by atoms with Gasteiger partial charge in [0, 0.05) is 18.2 Å². The van der Waals surface area contributed by atoms with Gasteiger partial charge in [0.2, 0.25) is 0 Å². The van der Waals surface area contributed by atoms with Crippen molar-refractivity contribution in [2.75, 3.05) is 6.54 Å². The van der Waals surface area contributed by atoms with Crippen molar-refractivity contribution in [3.63, 3.8) is 0 Å². The van der Waals surface area contributed by atoms with E-state index in [1.54, 1.807) is 6.07 Å². The van der Waals surface area contributed by atoms with E-state index >= 15 is 0 Å². The van der Waals surface area contributed by atoms with Crippen LogP contribution in [0.2, 0.25) is 0 Å². The largest absolute Gasteiger partial charge is 0.348 e. The summed E-state index contributed by atoms with van der Waals surface area (Å²) >= 11 is 3.05. The van der Waals surface area contributed by atoms with Crippen LogP contribution >= 0.6 is 28.3 Å². The lowest BCUT2D eigenvalue weighted by Crippen LogP contribution is -2.40. The summed E-state index contributed by atoms with van der Waals surface area (Å²) in [4.78, 5) is 11.9. The molecule has 1 aromatic carbocycles. The van der Waals surface area contributed by atoms with Crippen molar-refractivity contribution in [1.29, 1.82) is 0 Å². The van der Waals surface area contributed by atoms with Crippen LogP contribution in [-0.2, 0) is 0 Å². The molecule has 0 heterocycles. The molecule has 1 amide bonds. The third kappa shape index (κ3) is 5.89. The van der Waals surface area contributed by atoms with E-state index in [1.165, 1.54) is 12.1 Å². The second-order valence-corrected chi connectivity index (χ2v) is 5.03. The van der Waals surface area contributed by atoms with Crippen LogP contribution in [0.15, 0.2) is 22.7 Å². The Morgan fingerprint density at radius 2 is 2.21 bits per heavy atom. The Balaban J connectivity index is 0.00000324. The molecule has 3 N–H and O–H groups in total. The number of nitrogens with two attached hydrogens (primary N) is 1. The normalized spacial score (nSPS) is 11.6. The predicted octanol–water partition coefficient (Wildman–Crippen LogP) is 3.26. The number of hydrogen-bond donors (Lipinski definition) is 2. The van der Waals surface area contributed by atoms with Gasteiger partial charge in [-0.25, -0.2) is 4.39 Å². The van der Waals surface area contributed by atoms with Gasteiger partial charge in [-0.15, -0.1) is 12.4 Å². The Morgan fingerprint density at radius 3 is 2.74 bits per heavy atom. The van der Waals surface area contributed by atoms with Gasteiger partial charge in [-0.2, -0.15) is 0 Å². The molecule has 0 fully saturated rings. The lowest BCUT2D eigenvalue weighted by atomic mass is 10.1. The highest BCUT2D eigenvalue weighted by Crippen LogP contribution is 2.16. The Kier molecular flexibility index (Phi) is 8.97. The number of amides is 1. The van der Waals surface area contributed by atoms with Crippen LogP contribution in [0.1, 0.15) is 36.5 Å². The first-order chi connectivity index (χ1) is 8.58. The summed E-state index contributed by atoms with van der Waals surface area (Å²) in [7, 11) is 0. The summed E-state index contributed by atoms with van der Waals surface area (Å²) in [5.41, 5.74) is 5.91. The molecule has 6 heteroatoms. The topological polar surface area (TPSA) is 55.1 Å². The van der Waals surface area contributed by atoms with Crippen LogP contribution in [0, 0.1) is 5.82 Å².